The van der Waals surface area contributed by atoms with Crippen molar-refractivity contribution < 1.29 is 22.3 Å². The Morgan fingerprint density at radius 1 is 1.32 bits per heavy atom. The molecule has 1 unspecified atom stereocenters. The molecule has 22 heavy (non-hydrogen) atoms. The molecule has 0 bridgehead atoms. The number of hydrogen-bond acceptors (Lipinski definition) is 3. The van der Waals surface area contributed by atoms with Gasteiger partial charge in [-0.15, -0.1) is 12.4 Å². The van der Waals surface area contributed by atoms with E-state index in [2.05, 4.69) is 10.1 Å². The number of ether oxygens (including phenoxy) is 1. The van der Waals surface area contributed by atoms with Gasteiger partial charge in [0.15, 0.2) is 0 Å². The monoisotopic (exact) mass is 342 g/mol. The van der Waals surface area contributed by atoms with E-state index in [0.717, 1.165) is 12.1 Å². The molecule has 0 saturated carbocycles. The fourth-order valence-electron chi connectivity index (χ4n) is 2.43. The molecule has 1 N–H and O–H groups in total. The summed E-state index contributed by atoms with van der Waals surface area (Å²) >= 11 is 0. The van der Waals surface area contributed by atoms with Crippen LogP contribution in [0.2, 0.25) is 0 Å². The number of nitrogens with one attached hydrogen (secondary N) is 1. The lowest BCUT2D eigenvalue weighted by Gasteiger charge is -2.36. The Bertz CT molecular complexity index is 459. The standard InChI is InChI=1S/C14H18F4N2O.ClH/c15-12-3-1-2-11(8-12)13-9-19-4-5-20(13)6-7-21-10-14(16,17)18;/h1-3,8,13,19H,4-7,9-10H2;1H. The van der Waals surface area contributed by atoms with Gasteiger partial charge < -0.3 is 10.1 Å². The lowest BCUT2D eigenvalue weighted by molar-refractivity contribution is -0.175. The van der Waals surface area contributed by atoms with E-state index in [1.807, 2.05) is 11.0 Å². The summed E-state index contributed by atoms with van der Waals surface area (Å²) in [5.74, 6) is -0.314. The van der Waals surface area contributed by atoms with Crippen molar-refractivity contribution in [3.05, 3.63) is 35.6 Å². The average molecular weight is 343 g/mol. The number of piperazine rings is 1. The van der Waals surface area contributed by atoms with Gasteiger partial charge in [0.2, 0.25) is 0 Å². The molecule has 0 aliphatic carbocycles. The van der Waals surface area contributed by atoms with E-state index in [9.17, 15) is 17.6 Å². The summed E-state index contributed by atoms with van der Waals surface area (Å²) in [6.45, 7) is 1.25. The lowest BCUT2D eigenvalue weighted by Crippen LogP contribution is -2.47. The van der Waals surface area contributed by atoms with Crippen molar-refractivity contribution in [2.45, 2.75) is 12.2 Å². The van der Waals surface area contributed by atoms with E-state index in [4.69, 9.17) is 0 Å². The Morgan fingerprint density at radius 2 is 2.09 bits per heavy atom. The molecule has 1 saturated heterocycles. The lowest BCUT2D eigenvalue weighted by atomic mass is 10.0. The van der Waals surface area contributed by atoms with Crippen molar-refractivity contribution >= 4 is 12.4 Å². The highest BCUT2D eigenvalue weighted by molar-refractivity contribution is 5.85. The van der Waals surface area contributed by atoms with Crippen LogP contribution < -0.4 is 5.32 Å². The molecular formula is C14H19ClF4N2O. The minimum atomic E-state index is -4.30. The molecule has 1 aromatic carbocycles. The van der Waals surface area contributed by atoms with Crippen LogP contribution in [0.4, 0.5) is 17.6 Å². The van der Waals surface area contributed by atoms with Crippen molar-refractivity contribution in [1.29, 1.82) is 0 Å². The van der Waals surface area contributed by atoms with Gasteiger partial charge in [0.1, 0.15) is 12.4 Å². The number of benzene rings is 1. The highest BCUT2D eigenvalue weighted by Gasteiger charge is 2.28. The Morgan fingerprint density at radius 3 is 2.77 bits per heavy atom. The van der Waals surface area contributed by atoms with Crippen LogP contribution in [-0.4, -0.2) is 50.5 Å². The number of alkyl halides is 3. The van der Waals surface area contributed by atoms with E-state index in [1.165, 1.54) is 12.1 Å². The molecule has 0 spiro atoms. The van der Waals surface area contributed by atoms with Gasteiger partial charge in [-0.1, -0.05) is 12.1 Å². The maximum Gasteiger partial charge on any atom is 0.411 e. The second-order valence-corrected chi connectivity index (χ2v) is 4.98. The van der Waals surface area contributed by atoms with Crippen LogP contribution in [0, 0.1) is 5.82 Å². The van der Waals surface area contributed by atoms with Crippen molar-refractivity contribution in [3.63, 3.8) is 0 Å². The van der Waals surface area contributed by atoms with Gasteiger partial charge in [-0.2, -0.15) is 13.2 Å². The predicted molar refractivity (Wildman–Crippen MR) is 77.7 cm³/mol. The van der Waals surface area contributed by atoms with Gasteiger partial charge in [0, 0.05) is 32.2 Å². The highest BCUT2D eigenvalue weighted by Crippen LogP contribution is 2.22. The molecule has 3 nitrogen and oxygen atoms in total. The maximum absolute atomic E-state index is 13.3. The highest BCUT2D eigenvalue weighted by atomic mass is 35.5. The van der Waals surface area contributed by atoms with Crippen LogP contribution in [0.25, 0.3) is 0 Å². The molecular weight excluding hydrogens is 324 g/mol. The van der Waals surface area contributed by atoms with Gasteiger partial charge in [-0.3, -0.25) is 4.90 Å². The summed E-state index contributed by atoms with van der Waals surface area (Å²) in [6.07, 6.45) is -4.30. The second kappa shape index (κ2) is 8.67. The van der Waals surface area contributed by atoms with Gasteiger partial charge in [0.05, 0.1) is 6.61 Å². The van der Waals surface area contributed by atoms with E-state index in [-0.39, 0.29) is 30.9 Å². The number of nitrogens with zero attached hydrogens (tertiary/aromatic N) is 1. The third kappa shape index (κ3) is 6.08. The first-order valence-electron chi connectivity index (χ1n) is 6.80. The van der Waals surface area contributed by atoms with Gasteiger partial charge in [0.25, 0.3) is 0 Å². The minimum Gasteiger partial charge on any atom is -0.371 e. The molecule has 8 heteroatoms. The van der Waals surface area contributed by atoms with E-state index in [1.54, 1.807) is 6.07 Å². The Labute approximate surface area is 133 Å². The molecule has 1 aromatic rings. The number of halogens is 5. The van der Waals surface area contributed by atoms with E-state index < -0.39 is 12.8 Å². The molecule has 1 aliphatic rings. The first-order valence-corrected chi connectivity index (χ1v) is 6.80. The molecule has 2 rings (SSSR count). The van der Waals surface area contributed by atoms with Crippen molar-refractivity contribution in [2.24, 2.45) is 0 Å². The predicted octanol–water partition coefficient (Wildman–Crippen LogP) is 2.77. The number of rotatable bonds is 5. The normalized spacial score (nSPS) is 19.7. The summed E-state index contributed by atoms with van der Waals surface area (Å²) in [4.78, 5) is 2.02. The molecule has 0 amide bonds. The zero-order chi connectivity index (χ0) is 15.3. The SMILES string of the molecule is Cl.Fc1cccc(C2CNCCN2CCOCC(F)(F)F)c1. The van der Waals surface area contributed by atoms with Crippen LogP contribution in [0.5, 0.6) is 0 Å². The van der Waals surface area contributed by atoms with Crippen LogP contribution in [-0.2, 0) is 4.74 Å². The largest absolute Gasteiger partial charge is 0.411 e. The van der Waals surface area contributed by atoms with Crippen LogP contribution in [0.15, 0.2) is 24.3 Å². The van der Waals surface area contributed by atoms with Crippen molar-refractivity contribution in [1.82, 2.24) is 10.2 Å². The van der Waals surface area contributed by atoms with Gasteiger partial charge in [-0.25, -0.2) is 4.39 Å². The molecule has 1 heterocycles. The minimum absolute atomic E-state index is 0. The quantitative estimate of drug-likeness (QED) is 0.658. The Balaban J connectivity index is 0.00000242. The third-order valence-corrected chi connectivity index (χ3v) is 3.38. The summed E-state index contributed by atoms with van der Waals surface area (Å²) in [5, 5.41) is 3.21. The fraction of sp³-hybridized carbons (Fsp3) is 0.571. The summed E-state index contributed by atoms with van der Waals surface area (Å²) in [6, 6.07) is 6.24. The summed E-state index contributed by atoms with van der Waals surface area (Å²) in [5.41, 5.74) is 0.818. The molecule has 0 aromatic heterocycles. The van der Waals surface area contributed by atoms with Crippen LogP contribution in [0.3, 0.4) is 0 Å². The molecule has 1 atom stereocenters. The first kappa shape index (κ1) is 19.2. The Hall–Kier alpha value is -0.890. The maximum atomic E-state index is 13.3. The zero-order valence-electron chi connectivity index (χ0n) is 11.9. The van der Waals surface area contributed by atoms with E-state index in [0.29, 0.717) is 19.6 Å². The fourth-order valence-corrected chi connectivity index (χ4v) is 2.43. The van der Waals surface area contributed by atoms with Crippen molar-refractivity contribution in [2.75, 3.05) is 39.4 Å². The third-order valence-electron chi connectivity index (χ3n) is 3.38. The van der Waals surface area contributed by atoms with Gasteiger partial charge in [-0.05, 0) is 17.7 Å². The Kier molecular flexibility index (Phi) is 7.55. The van der Waals surface area contributed by atoms with Crippen LogP contribution >= 0.6 is 12.4 Å². The molecule has 1 aliphatic heterocycles. The zero-order valence-corrected chi connectivity index (χ0v) is 12.7. The summed E-state index contributed by atoms with van der Waals surface area (Å²) in [7, 11) is 0. The smallest absolute Gasteiger partial charge is 0.371 e. The second-order valence-electron chi connectivity index (χ2n) is 4.98. The van der Waals surface area contributed by atoms with Crippen LogP contribution in [0.1, 0.15) is 11.6 Å². The average Bonchev–Trinajstić information content (AvgIpc) is 2.43. The number of hydrogen-bond donors (Lipinski definition) is 1. The van der Waals surface area contributed by atoms with E-state index >= 15 is 0 Å². The molecule has 0 radical (unpaired) electrons. The van der Waals surface area contributed by atoms with Gasteiger partial charge >= 0.3 is 6.18 Å². The first-order chi connectivity index (χ1) is 9.96. The van der Waals surface area contributed by atoms with Crippen molar-refractivity contribution in [3.8, 4) is 0 Å². The molecule has 1 fully saturated rings. The topological polar surface area (TPSA) is 24.5 Å². The summed E-state index contributed by atoms with van der Waals surface area (Å²) < 4.78 is 54.0. The molecule has 126 valence electrons.